The van der Waals surface area contributed by atoms with E-state index in [1.54, 1.807) is 37.3 Å². The summed E-state index contributed by atoms with van der Waals surface area (Å²) in [6.07, 6.45) is 0. The summed E-state index contributed by atoms with van der Waals surface area (Å²) < 4.78 is 10.4. The summed E-state index contributed by atoms with van der Waals surface area (Å²) >= 11 is 7.31. The van der Waals surface area contributed by atoms with Gasteiger partial charge >= 0.3 is 0 Å². The zero-order chi connectivity index (χ0) is 23.1. The van der Waals surface area contributed by atoms with E-state index in [-0.39, 0.29) is 24.9 Å². The van der Waals surface area contributed by atoms with Crippen LogP contribution in [0.25, 0.3) is 11.3 Å². The second-order valence-corrected chi connectivity index (χ2v) is 8.17. The van der Waals surface area contributed by atoms with Crippen LogP contribution in [0.4, 0.5) is 10.8 Å². The number of benzene rings is 2. The van der Waals surface area contributed by atoms with E-state index in [1.165, 1.54) is 18.4 Å². The Labute approximate surface area is 195 Å². The molecule has 168 valence electrons. The van der Waals surface area contributed by atoms with Gasteiger partial charge in [0.15, 0.2) is 5.13 Å². The Morgan fingerprint density at radius 3 is 2.38 bits per heavy atom. The molecule has 1 heterocycles. The van der Waals surface area contributed by atoms with Gasteiger partial charge in [-0.15, -0.1) is 11.3 Å². The summed E-state index contributed by atoms with van der Waals surface area (Å²) in [5.41, 5.74) is 2.15. The number of nitrogens with one attached hydrogen (secondary N) is 2. The second kappa shape index (κ2) is 10.9. The third-order valence-electron chi connectivity index (χ3n) is 4.40. The number of ether oxygens (including phenoxy) is 2. The first-order valence-electron chi connectivity index (χ1n) is 9.59. The molecule has 0 unspecified atom stereocenters. The number of thiazole rings is 1. The van der Waals surface area contributed by atoms with Crippen molar-refractivity contribution in [3.63, 3.8) is 0 Å². The quantitative estimate of drug-likeness (QED) is 0.487. The van der Waals surface area contributed by atoms with Gasteiger partial charge < -0.3 is 20.1 Å². The van der Waals surface area contributed by atoms with E-state index >= 15 is 0 Å². The van der Waals surface area contributed by atoms with E-state index in [9.17, 15) is 9.59 Å². The predicted octanol–water partition coefficient (Wildman–Crippen LogP) is 3.99. The number of anilines is 2. The molecule has 0 aliphatic heterocycles. The van der Waals surface area contributed by atoms with Gasteiger partial charge in [0.1, 0.15) is 11.5 Å². The summed E-state index contributed by atoms with van der Waals surface area (Å²) in [5.74, 6) is 0.700. The predicted molar refractivity (Wildman–Crippen MR) is 127 cm³/mol. The first kappa shape index (κ1) is 23.5. The lowest BCUT2D eigenvalue weighted by molar-refractivity contribution is -0.119. The first-order chi connectivity index (χ1) is 15.4. The van der Waals surface area contributed by atoms with Crippen molar-refractivity contribution in [2.24, 2.45) is 0 Å². The molecule has 8 nitrogen and oxygen atoms in total. The molecule has 1 aromatic heterocycles. The van der Waals surface area contributed by atoms with Gasteiger partial charge in [0, 0.05) is 16.0 Å². The minimum atomic E-state index is -0.295. The average molecular weight is 475 g/mol. The maximum absolute atomic E-state index is 12.4. The molecule has 32 heavy (non-hydrogen) atoms. The van der Waals surface area contributed by atoms with Crippen LogP contribution in [0.1, 0.15) is 0 Å². The van der Waals surface area contributed by atoms with Crippen molar-refractivity contribution in [2.75, 3.05) is 45.0 Å². The van der Waals surface area contributed by atoms with Crippen molar-refractivity contribution in [2.45, 2.75) is 0 Å². The van der Waals surface area contributed by atoms with Crippen molar-refractivity contribution in [3.05, 3.63) is 52.9 Å². The van der Waals surface area contributed by atoms with Gasteiger partial charge in [0.25, 0.3) is 0 Å². The number of nitrogens with zero attached hydrogens (tertiary/aromatic N) is 2. The maximum atomic E-state index is 12.4. The van der Waals surface area contributed by atoms with Crippen molar-refractivity contribution in [1.29, 1.82) is 0 Å². The van der Waals surface area contributed by atoms with Crippen molar-refractivity contribution < 1.29 is 19.1 Å². The molecule has 0 saturated carbocycles. The smallest absolute Gasteiger partial charge is 0.240 e. The number of halogens is 1. The highest BCUT2D eigenvalue weighted by molar-refractivity contribution is 7.14. The second-order valence-electron chi connectivity index (χ2n) is 6.88. The van der Waals surface area contributed by atoms with Crippen LogP contribution in [0, 0.1) is 0 Å². The third-order valence-corrected chi connectivity index (χ3v) is 5.39. The summed E-state index contributed by atoms with van der Waals surface area (Å²) in [5, 5.41) is 8.35. The van der Waals surface area contributed by atoms with Gasteiger partial charge in [0.05, 0.1) is 38.7 Å². The van der Waals surface area contributed by atoms with E-state index in [0.29, 0.717) is 21.6 Å². The van der Waals surface area contributed by atoms with Crippen LogP contribution in [0.5, 0.6) is 11.5 Å². The lowest BCUT2D eigenvalue weighted by atomic mass is 10.2. The number of aromatic nitrogens is 1. The summed E-state index contributed by atoms with van der Waals surface area (Å²) in [7, 11) is 4.80. The number of carbonyl (C=O) groups excluding carboxylic acids is 2. The van der Waals surface area contributed by atoms with Gasteiger partial charge in [-0.3, -0.25) is 14.5 Å². The molecule has 3 aromatic rings. The highest BCUT2D eigenvalue weighted by atomic mass is 35.5. The van der Waals surface area contributed by atoms with Crippen LogP contribution in [-0.4, -0.2) is 56.1 Å². The molecule has 0 aliphatic carbocycles. The number of carbonyl (C=O) groups is 2. The zero-order valence-corrected chi connectivity index (χ0v) is 19.4. The normalized spacial score (nSPS) is 10.7. The molecule has 0 atom stereocenters. The van der Waals surface area contributed by atoms with E-state index < -0.39 is 0 Å². The molecule has 0 radical (unpaired) electrons. The fraction of sp³-hybridized carbons (Fsp3) is 0.227. The van der Waals surface area contributed by atoms with Crippen LogP contribution in [0.15, 0.2) is 47.8 Å². The molecule has 10 heteroatoms. The van der Waals surface area contributed by atoms with Crippen LogP contribution in [0.2, 0.25) is 5.02 Å². The van der Waals surface area contributed by atoms with E-state index in [4.69, 9.17) is 21.1 Å². The monoisotopic (exact) mass is 474 g/mol. The lowest BCUT2D eigenvalue weighted by Gasteiger charge is -2.16. The SMILES string of the molecule is COc1ccc(-c2csc(NC(=O)CN(C)CC(=O)Nc3cc(Cl)ccc3OC)n2)cc1. The van der Waals surface area contributed by atoms with E-state index in [0.717, 1.165) is 17.0 Å². The standard InChI is InChI=1S/C22H23ClN4O4S/c1-27(11-20(28)24-17-10-15(23)6-9-19(17)31-3)12-21(29)26-22-25-18(13-32-22)14-4-7-16(30-2)8-5-14/h4-10,13H,11-12H2,1-3H3,(H,24,28)(H,25,26,29). The summed E-state index contributed by atoms with van der Waals surface area (Å²) in [6.45, 7) is 0.0373. The first-order valence-corrected chi connectivity index (χ1v) is 10.9. The topological polar surface area (TPSA) is 92.8 Å². The fourth-order valence-corrected chi connectivity index (χ4v) is 3.81. The molecular formula is C22H23ClN4O4S. The number of likely N-dealkylation sites (N-methyl/N-ethyl adjacent to an activating group) is 1. The summed E-state index contributed by atoms with van der Waals surface area (Å²) in [6, 6.07) is 12.5. The molecule has 2 N–H and O–H groups in total. The lowest BCUT2D eigenvalue weighted by Crippen LogP contribution is -2.36. The molecule has 0 aliphatic rings. The van der Waals surface area contributed by atoms with Gasteiger partial charge in [-0.25, -0.2) is 4.98 Å². The highest BCUT2D eigenvalue weighted by Gasteiger charge is 2.14. The van der Waals surface area contributed by atoms with Crippen LogP contribution < -0.4 is 20.1 Å². The van der Waals surface area contributed by atoms with Crippen molar-refractivity contribution in [3.8, 4) is 22.8 Å². The zero-order valence-electron chi connectivity index (χ0n) is 17.8. The number of hydrogen-bond donors (Lipinski definition) is 2. The van der Waals surface area contributed by atoms with Gasteiger partial charge in [-0.05, 0) is 49.5 Å². The molecular weight excluding hydrogens is 452 g/mol. The molecule has 0 fully saturated rings. The number of rotatable bonds is 9. The Hall–Kier alpha value is -3.14. The number of amides is 2. The Balaban J connectivity index is 1.51. The van der Waals surface area contributed by atoms with Crippen molar-refractivity contribution in [1.82, 2.24) is 9.88 Å². The Bertz CT molecular complexity index is 1090. The van der Waals surface area contributed by atoms with Crippen LogP contribution >= 0.6 is 22.9 Å². The summed E-state index contributed by atoms with van der Waals surface area (Å²) in [4.78, 5) is 30.8. The Morgan fingerprint density at radius 2 is 1.72 bits per heavy atom. The van der Waals surface area contributed by atoms with Crippen LogP contribution in [-0.2, 0) is 9.59 Å². The van der Waals surface area contributed by atoms with Gasteiger partial charge in [0.2, 0.25) is 11.8 Å². The molecule has 0 spiro atoms. The minimum Gasteiger partial charge on any atom is -0.497 e. The largest absolute Gasteiger partial charge is 0.497 e. The molecule has 0 saturated heterocycles. The molecule has 3 rings (SSSR count). The average Bonchev–Trinajstić information content (AvgIpc) is 3.22. The molecule has 2 amide bonds. The fourth-order valence-electron chi connectivity index (χ4n) is 2.90. The van der Waals surface area contributed by atoms with Crippen molar-refractivity contribution >= 4 is 45.6 Å². The highest BCUT2D eigenvalue weighted by Crippen LogP contribution is 2.28. The number of hydrogen-bond acceptors (Lipinski definition) is 7. The Kier molecular flexibility index (Phi) is 8.04. The Morgan fingerprint density at radius 1 is 1.03 bits per heavy atom. The van der Waals surface area contributed by atoms with E-state index in [2.05, 4.69) is 15.6 Å². The van der Waals surface area contributed by atoms with Crippen LogP contribution in [0.3, 0.4) is 0 Å². The van der Waals surface area contributed by atoms with Gasteiger partial charge in [-0.1, -0.05) is 11.6 Å². The third kappa shape index (κ3) is 6.43. The van der Waals surface area contributed by atoms with E-state index in [1.807, 2.05) is 29.6 Å². The minimum absolute atomic E-state index is 0.0120. The molecule has 2 aromatic carbocycles. The van der Waals surface area contributed by atoms with Gasteiger partial charge in [-0.2, -0.15) is 0 Å². The molecule has 0 bridgehead atoms. The maximum Gasteiger partial charge on any atom is 0.240 e. The number of methoxy groups -OCH3 is 2.